The first-order valence-corrected chi connectivity index (χ1v) is 5.67. The van der Waals surface area contributed by atoms with Crippen LogP contribution in [-0.4, -0.2) is 9.97 Å². The molecule has 0 radical (unpaired) electrons. The van der Waals surface area contributed by atoms with Gasteiger partial charge >= 0.3 is 6.18 Å². The van der Waals surface area contributed by atoms with E-state index >= 15 is 0 Å². The zero-order chi connectivity index (χ0) is 13.2. The number of pyridine rings is 2. The summed E-state index contributed by atoms with van der Waals surface area (Å²) in [5.41, 5.74) is -0.908. The monoisotopic (exact) mass is 317 g/mol. The molecule has 2 rings (SSSR count). The van der Waals surface area contributed by atoms with Gasteiger partial charge in [-0.1, -0.05) is 6.07 Å². The molecule has 7 heteroatoms. The van der Waals surface area contributed by atoms with Gasteiger partial charge in [0.2, 0.25) is 0 Å². The summed E-state index contributed by atoms with van der Waals surface area (Å²) in [6.45, 7) is 0. The summed E-state index contributed by atoms with van der Waals surface area (Å²) in [6.07, 6.45) is -2.39. The molecule has 0 saturated heterocycles. The van der Waals surface area contributed by atoms with Crippen LogP contribution in [0, 0.1) is 0 Å². The maximum atomic E-state index is 12.7. The van der Waals surface area contributed by atoms with Gasteiger partial charge < -0.3 is 5.32 Å². The lowest BCUT2D eigenvalue weighted by atomic mass is 10.2. The van der Waals surface area contributed by atoms with Gasteiger partial charge in [0, 0.05) is 12.4 Å². The zero-order valence-corrected chi connectivity index (χ0v) is 10.5. The Hall–Kier alpha value is -1.63. The lowest BCUT2D eigenvalue weighted by molar-refractivity contribution is -0.137. The third-order valence-electron chi connectivity index (χ3n) is 2.10. The summed E-state index contributed by atoms with van der Waals surface area (Å²) in [6, 6.07) is 6.19. The molecule has 0 bridgehead atoms. The number of hydrogen-bond donors (Lipinski definition) is 1. The van der Waals surface area contributed by atoms with Crippen molar-refractivity contribution in [3.63, 3.8) is 0 Å². The molecule has 0 aliphatic carbocycles. The molecule has 3 nitrogen and oxygen atoms in total. The highest BCUT2D eigenvalue weighted by Crippen LogP contribution is 2.35. The maximum Gasteiger partial charge on any atom is 0.419 e. The second-order valence-corrected chi connectivity index (χ2v) is 4.20. The highest BCUT2D eigenvalue weighted by molar-refractivity contribution is 9.10. The molecule has 0 amide bonds. The summed E-state index contributed by atoms with van der Waals surface area (Å²) >= 11 is 3.15. The molecule has 0 aliphatic heterocycles. The van der Waals surface area contributed by atoms with Crippen molar-refractivity contribution >= 4 is 27.4 Å². The summed E-state index contributed by atoms with van der Waals surface area (Å²) < 4.78 is 38.7. The highest BCUT2D eigenvalue weighted by atomic mass is 79.9. The number of rotatable bonds is 2. The Morgan fingerprint density at radius 3 is 2.61 bits per heavy atom. The Kier molecular flexibility index (Phi) is 3.51. The lowest BCUT2D eigenvalue weighted by Gasteiger charge is -2.13. The van der Waals surface area contributed by atoms with E-state index in [0.717, 1.165) is 6.20 Å². The molecule has 1 N–H and O–H groups in total. The van der Waals surface area contributed by atoms with Crippen molar-refractivity contribution < 1.29 is 13.2 Å². The Bertz CT molecular complexity index is 557. The molecule has 0 aliphatic rings. The van der Waals surface area contributed by atoms with Crippen molar-refractivity contribution in [2.45, 2.75) is 6.18 Å². The largest absolute Gasteiger partial charge is 0.419 e. The van der Waals surface area contributed by atoms with E-state index in [0.29, 0.717) is 10.4 Å². The van der Waals surface area contributed by atoms with E-state index in [9.17, 15) is 13.2 Å². The quantitative estimate of drug-likeness (QED) is 0.851. The predicted molar refractivity (Wildman–Crippen MR) is 64.5 cm³/mol. The van der Waals surface area contributed by atoms with E-state index in [1.807, 2.05) is 0 Å². The SMILES string of the molecule is FC(F)(F)c1cnccc1Nc1cccc(Br)n1. The maximum absolute atomic E-state index is 12.7. The first kappa shape index (κ1) is 12.8. The number of nitrogens with one attached hydrogen (secondary N) is 1. The summed E-state index contributed by atoms with van der Waals surface area (Å²) in [7, 11) is 0. The molecule has 94 valence electrons. The van der Waals surface area contributed by atoms with Gasteiger partial charge in [-0.2, -0.15) is 13.2 Å². The first-order valence-electron chi connectivity index (χ1n) is 4.87. The van der Waals surface area contributed by atoms with E-state index in [-0.39, 0.29) is 5.69 Å². The molecule has 2 aromatic heterocycles. The predicted octanol–water partition coefficient (Wildman–Crippen LogP) is 4.00. The van der Waals surface area contributed by atoms with Gasteiger partial charge in [0.05, 0.1) is 11.3 Å². The third kappa shape index (κ3) is 2.98. The molecule has 0 aromatic carbocycles. The Balaban J connectivity index is 2.35. The van der Waals surface area contributed by atoms with Crippen molar-refractivity contribution in [3.8, 4) is 0 Å². The normalized spacial score (nSPS) is 11.3. The lowest BCUT2D eigenvalue weighted by Crippen LogP contribution is -2.09. The number of alkyl halides is 3. The van der Waals surface area contributed by atoms with Gasteiger partial charge in [0.1, 0.15) is 10.4 Å². The van der Waals surface area contributed by atoms with E-state index in [1.165, 1.54) is 12.3 Å². The molecule has 0 unspecified atom stereocenters. The Labute approximate surface area is 109 Å². The molecule has 2 aromatic rings. The van der Waals surface area contributed by atoms with Crippen LogP contribution < -0.4 is 5.32 Å². The van der Waals surface area contributed by atoms with E-state index in [2.05, 4.69) is 31.2 Å². The molecular weight excluding hydrogens is 311 g/mol. The molecular formula is C11H7BrF3N3. The smallest absolute Gasteiger partial charge is 0.340 e. The number of halogens is 4. The van der Waals surface area contributed by atoms with Crippen molar-refractivity contribution in [3.05, 3.63) is 46.8 Å². The minimum absolute atomic E-state index is 0.0805. The highest BCUT2D eigenvalue weighted by Gasteiger charge is 2.33. The van der Waals surface area contributed by atoms with Crippen LogP contribution in [0.2, 0.25) is 0 Å². The van der Waals surface area contributed by atoms with Crippen molar-refractivity contribution in [2.75, 3.05) is 5.32 Å². The average molecular weight is 318 g/mol. The third-order valence-corrected chi connectivity index (χ3v) is 2.55. The summed E-state index contributed by atoms with van der Waals surface area (Å²) in [4.78, 5) is 7.49. The number of anilines is 2. The number of hydrogen-bond acceptors (Lipinski definition) is 3. The van der Waals surface area contributed by atoms with Gasteiger partial charge in [-0.3, -0.25) is 4.98 Å². The number of nitrogens with zero attached hydrogens (tertiary/aromatic N) is 2. The van der Waals surface area contributed by atoms with Crippen LogP contribution in [0.25, 0.3) is 0 Å². The second kappa shape index (κ2) is 4.93. The van der Waals surface area contributed by atoms with Gasteiger partial charge in [0.25, 0.3) is 0 Å². The molecule has 0 spiro atoms. The van der Waals surface area contributed by atoms with Crippen molar-refractivity contribution in [2.24, 2.45) is 0 Å². The molecule has 18 heavy (non-hydrogen) atoms. The second-order valence-electron chi connectivity index (χ2n) is 3.39. The molecule has 0 saturated carbocycles. The standard InChI is InChI=1S/C11H7BrF3N3/c12-9-2-1-3-10(18-9)17-8-4-5-16-6-7(8)11(13,14)15/h1-6H,(H,16,17,18). The van der Waals surface area contributed by atoms with E-state index < -0.39 is 11.7 Å². The topological polar surface area (TPSA) is 37.8 Å². The molecule has 2 heterocycles. The fraction of sp³-hybridized carbons (Fsp3) is 0.0909. The first-order chi connectivity index (χ1) is 8.47. The van der Waals surface area contributed by atoms with Crippen molar-refractivity contribution in [1.29, 1.82) is 0 Å². The minimum atomic E-state index is -4.46. The van der Waals surface area contributed by atoms with Gasteiger partial charge in [-0.25, -0.2) is 4.98 Å². The average Bonchev–Trinajstić information content (AvgIpc) is 2.28. The van der Waals surface area contributed by atoms with Crippen LogP contribution in [0.4, 0.5) is 24.7 Å². The Morgan fingerprint density at radius 1 is 1.17 bits per heavy atom. The van der Waals surface area contributed by atoms with E-state index in [1.54, 1.807) is 18.2 Å². The summed E-state index contributed by atoms with van der Waals surface area (Å²) in [5, 5.41) is 2.62. The minimum Gasteiger partial charge on any atom is -0.340 e. The van der Waals surface area contributed by atoms with Gasteiger partial charge in [0.15, 0.2) is 0 Å². The van der Waals surface area contributed by atoms with Crippen LogP contribution in [0.1, 0.15) is 5.56 Å². The van der Waals surface area contributed by atoms with Crippen LogP contribution >= 0.6 is 15.9 Å². The van der Waals surface area contributed by atoms with Gasteiger partial charge in [-0.05, 0) is 34.1 Å². The van der Waals surface area contributed by atoms with Crippen LogP contribution in [-0.2, 0) is 6.18 Å². The van der Waals surface area contributed by atoms with Crippen LogP contribution in [0.15, 0.2) is 41.3 Å². The number of aromatic nitrogens is 2. The van der Waals surface area contributed by atoms with Crippen LogP contribution in [0.5, 0.6) is 0 Å². The van der Waals surface area contributed by atoms with Gasteiger partial charge in [-0.15, -0.1) is 0 Å². The fourth-order valence-corrected chi connectivity index (χ4v) is 1.69. The van der Waals surface area contributed by atoms with Crippen molar-refractivity contribution in [1.82, 2.24) is 9.97 Å². The molecule has 0 fully saturated rings. The Morgan fingerprint density at radius 2 is 1.94 bits per heavy atom. The van der Waals surface area contributed by atoms with E-state index in [4.69, 9.17) is 0 Å². The molecule has 0 atom stereocenters. The fourth-order valence-electron chi connectivity index (χ4n) is 1.35. The zero-order valence-electron chi connectivity index (χ0n) is 8.87. The summed E-state index contributed by atoms with van der Waals surface area (Å²) in [5.74, 6) is 0.320. The van der Waals surface area contributed by atoms with Crippen LogP contribution in [0.3, 0.4) is 0 Å².